The van der Waals surface area contributed by atoms with Crippen LogP contribution in [0.5, 0.6) is 0 Å². The molecule has 1 atom stereocenters. The number of nitrogens with two attached hydrogens (primary N) is 1. The highest BCUT2D eigenvalue weighted by molar-refractivity contribution is 7.82. The summed E-state index contributed by atoms with van der Waals surface area (Å²) in [6, 6.07) is -1.07. The summed E-state index contributed by atoms with van der Waals surface area (Å²) in [6.45, 7) is 2.26. The van der Waals surface area contributed by atoms with E-state index in [9.17, 15) is 18.3 Å². The first-order valence-corrected chi connectivity index (χ1v) is 5.99. The predicted molar refractivity (Wildman–Crippen MR) is 46.1 cm³/mol. The summed E-state index contributed by atoms with van der Waals surface area (Å²) in [5.74, 6) is -1.37. The van der Waals surface area contributed by atoms with Gasteiger partial charge in [-0.1, -0.05) is 0 Å². The standard InChI is InChI=1S/C7H14N2O4S/c1-6(7(10)11)8-14(12,13)9-4-2-3-5-9/h6,8H,2-5H2,1H3,(H,10,11)/t6-/m1/s1. The lowest BCUT2D eigenvalue weighted by molar-refractivity contribution is -0.539. The molecule has 7 heteroatoms. The smallest absolute Gasteiger partial charge is 0.369 e. The molecule has 1 rings (SSSR count). The maximum absolute atomic E-state index is 11.5. The van der Waals surface area contributed by atoms with Gasteiger partial charge in [0.2, 0.25) is 0 Å². The molecular weight excluding hydrogens is 208 g/mol. The van der Waals surface area contributed by atoms with Crippen LogP contribution in [0.15, 0.2) is 0 Å². The van der Waals surface area contributed by atoms with Crippen molar-refractivity contribution in [3.8, 4) is 0 Å². The highest BCUT2D eigenvalue weighted by Crippen LogP contribution is 2.08. The first-order valence-electron chi connectivity index (χ1n) is 4.49. The average Bonchev–Trinajstić information content (AvgIpc) is 2.54. The largest absolute Gasteiger partial charge is 0.544 e. The minimum Gasteiger partial charge on any atom is -0.544 e. The maximum Gasteiger partial charge on any atom is 0.369 e. The molecule has 0 aromatic heterocycles. The van der Waals surface area contributed by atoms with Crippen molar-refractivity contribution >= 4 is 16.2 Å². The van der Waals surface area contributed by atoms with Crippen molar-refractivity contribution in [1.29, 1.82) is 0 Å². The molecule has 14 heavy (non-hydrogen) atoms. The molecular formula is C7H14N2O4S. The second-order valence-corrected chi connectivity index (χ2v) is 5.21. The zero-order valence-electron chi connectivity index (χ0n) is 7.97. The summed E-state index contributed by atoms with van der Waals surface area (Å²) in [4.78, 5) is 10.4. The van der Waals surface area contributed by atoms with Crippen molar-refractivity contribution in [2.75, 3.05) is 13.1 Å². The van der Waals surface area contributed by atoms with Gasteiger partial charge in [0.25, 0.3) is 0 Å². The highest BCUT2D eigenvalue weighted by Gasteiger charge is 2.30. The lowest BCUT2D eigenvalue weighted by Crippen LogP contribution is -2.96. The van der Waals surface area contributed by atoms with Gasteiger partial charge in [0.1, 0.15) is 12.0 Å². The van der Waals surface area contributed by atoms with Gasteiger partial charge >= 0.3 is 10.2 Å². The van der Waals surface area contributed by atoms with Crippen LogP contribution < -0.4 is 9.83 Å². The fourth-order valence-electron chi connectivity index (χ4n) is 1.34. The number of rotatable bonds is 4. The Bertz CT molecular complexity index is 308. The Hall–Kier alpha value is -0.660. The van der Waals surface area contributed by atoms with E-state index in [0.717, 1.165) is 17.6 Å². The number of carbonyl (C=O) groups excluding carboxylic acids is 1. The topological polar surface area (TPSA) is 94.1 Å². The van der Waals surface area contributed by atoms with Crippen molar-refractivity contribution < 1.29 is 23.0 Å². The van der Waals surface area contributed by atoms with E-state index < -0.39 is 22.2 Å². The normalized spacial score (nSPS) is 20.9. The second-order valence-electron chi connectivity index (χ2n) is 3.39. The van der Waals surface area contributed by atoms with Crippen LogP contribution in [0.3, 0.4) is 0 Å². The minimum absolute atomic E-state index is 0.485. The van der Waals surface area contributed by atoms with Crippen LogP contribution >= 0.6 is 0 Å². The van der Waals surface area contributed by atoms with E-state index in [0.29, 0.717) is 13.1 Å². The van der Waals surface area contributed by atoms with Gasteiger partial charge in [0, 0.05) is 13.1 Å². The molecule has 0 amide bonds. The molecule has 1 aliphatic rings. The Balaban J connectivity index is 2.61. The van der Waals surface area contributed by atoms with Crippen LogP contribution in [0, 0.1) is 0 Å². The third-order valence-electron chi connectivity index (χ3n) is 2.17. The van der Waals surface area contributed by atoms with Gasteiger partial charge in [0.15, 0.2) is 0 Å². The third kappa shape index (κ3) is 2.66. The summed E-state index contributed by atoms with van der Waals surface area (Å²) in [5, 5.41) is 10.4. The van der Waals surface area contributed by atoms with Gasteiger partial charge in [-0.15, -0.1) is 0 Å². The fourth-order valence-corrected chi connectivity index (χ4v) is 2.91. The summed E-state index contributed by atoms with van der Waals surface area (Å²) in [7, 11) is -3.52. The minimum atomic E-state index is -3.52. The quantitative estimate of drug-likeness (QED) is 0.549. The number of hydrogen-bond donors (Lipinski definition) is 1. The predicted octanol–water partition coefficient (Wildman–Crippen LogP) is -2.97. The number of carbonyl (C=O) groups is 1. The number of hydrogen-bond acceptors (Lipinski definition) is 4. The molecule has 0 aromatic carbocycles. The second kappa shape index (κ2) is 4.24. The lowest BCUT2D eigenvalue weighted by atomic mass is 10.4. The lowest BCUT2D eigenvalue weighted by Gasteiger charge is -2.16. The Morgan fingerprint density at radius 2 is 1.93 bits per heavy atom. The summed E-state index contributed by atoms with van der Waals surface area (Å²) in [6.07, 6.45) is 1.68. The molecule has 1 heterocycles. The van der Waals surface area contributed by atoms with Gasteiger partial charge < -0.3 is 9.90 Å². The number of aliphatic carboxylic acids is 1. The Morgan fingerprint density at radius 3 is 2.36 bits per heavy atom. The summed E-state index contributed by atoms with van der Waals surface area (Å²) < 4.78 is 25.2. The van der Waals surface area contributed by atoms with E-state index in [1.807, 2.05) is 0 Å². The zero-order valence-corrected chi connectivity index (χ0v) is 8.79. The Kier molecular flexibility index (Phi) is 3.46. The molecule has 0 radical (unpaired) electrons. The summed E-state index contributed by atoms with van der Waals surface area (Å²) in [5.41, 5.74) is 0. The van der Waals surface area contributed by atoms with Gasteiger partial charge in [-0.2, -0.15) is 12.7 Å². The molecule has 1 saturated heterocycles. The van der Waals surface area contributed by atoms with E-state index in [4.69, 9.17) is 0 Å². The number of carboxylic acid groups (broad SMARTS) is 1. The van der Waals surface area contributed by atoms with Crippen molar-refractivity contribution in [2.45, 2.75) is 25.8 Å². The molecule has 0 spiro atoms. The van der Waals surface area contributed by atoms with Crippen molar-refractivity contribution in [3.05, 3.63) is 0 Å². The van der Waals surface area contributed by atoms with Gasteiger partial charge in [-0.3, -0.25) is 0 Å². The first kappa shape index (κ1) is 11.4. The van der Waals surface area contributed by atoms with Gasteiger partial charge in [-0.25, -0.2) is 4.72 Å². The highest BCUT2D eigenvalue weighted by atomic mass is 32.2. The molecule has 1 fully saturated rings. The van der Waals surface area contributed by atoms with Crippen molar-refractivity contribution in [1.82, 2.24) is 4.31 Å². The molecule has 6 nitrogen and oxygen atoms in total. The SMILES string of the molecule is C[C@@H]([NH2+]S(=O)(=O)N1CCCC1)C(=O)[O-]. The van der Waals surface area contributed by atoms with Crippen LogP contribution in [-0.2, 0) is 15.0 Å². The van der Waals surface area contributed by atoms with Crippen LogP contribution in [0.25, 0.3) is 0 Å². The molecule has 1 aliphatic heterocycles. The van der Waals surface area contributed by atoms with Crippen LogP contribution in [0.4, 0.5) is 0 Å². The van der Waals surface area contributed by atoms with Crippen molar-refractivity contribution in [2.24, 2.45) is 0 Å². The molecule has 82 valence electrons. The third-order valence-corrected chi connectivity index (χ3v) is 4.01. The van der Waals surface area contributed by atoms with E-state index in [1.165, 1.54) is 11.2 Å². The van der Waals surface area contributed by atoms with Crippen LogP contribution in [0.2, 0.25) is 0 Å². The molecule has 0 aliphatic carbocycles. The maximum atomic E-state index is 11.5. The van der Waals surface area contributed by atoms with E-state index in [2.05, 4.69) is 0 Å². The van der Waals surface area contributed by atoms with Crippen LogP contribution in [-0.4, -0.2) is 37.8 Å². The first-order chi connectivity index (χ1) is 6.43. The summed E-state index contributed by atoms with van der Waals surface area (Å²) >= 11 is 0. The Morgan fingerprint density at radius 1 is 1.43 bits per heavy atom. The van der Waals surface area contributed by atoms with E-state index in [1.54, 1.807) is 0 Å². The molecule has 2 N–H and O–H groups in total. The van der Waals surface area contributed by atoms with Gasteiger partial charge in [-0.05, 0) is 19.8 Å². The monoisotopic (exact) mass is 222 g/mol. The average molecular weight is 222 g/mol. The van der Waals surface area contributed by atoms with Crippen LogP contribution in [0.1, 0.15) is 19.8 Å². The molecule has 0 unspecified atom stereocenters. The van der Waals surface area contributed by atoms with E-state index in [-0.39, 0.29) is 0 Å². The fraction of sp³-hybridized carbons (Fsp3) is 0.857. The number of carboxylic acids is 1. The molecule has 0 aromatic rings. The molecule has 0 saturated carbocycles. The molecule has 0 bridgehead atoms. The number of nitrogens with zero attached hydrogens (tertiary/aromatic N) is 1. The zero-order chi connectivity index (χ0) is 10.8. The van der Waals surface area contributed by atoms with E-state index >= 15 is 0 Å². The number of quaternary nitrogens is 1. The Labute approximate surface area is 83.1 Å². The van der Waals surface area contributed by atoms with Gasteiger partial charge in [0.05, 0.1) is 0 Å². The van der Waals surface area contributed by atoms with Crippen molar-refractivity contribution in [3.63, 3.8) is 0 Å².